The van der Waals surface area contributed by atoms with Crippen LogP contribution in [0.3, 0.4) is 0 Å². The molecule has 0 saturated carbocycles. The molecule has 13 heteroatoms. The Labute approximate surface area is 188 Å². The van der Waals surface area contributed by atoms with Crippen molar-refractivity contribution < 1.29 is 36.2 Å². The molecule has 0 aliphatic carbocycles. The molecule has 7 nitrogen and oxygen atoms in total. The first-order chi connectivity index (χ1) is 15.5. The summed E-state index contributed by atoms with van der Waals surface area (Å²) in [5, 5.41) is -0.323. The topological polar surface area (TPSA) is 82.6 Å². The van der Waals surface area contributed by atoms with Gasteiger partial charge in [0, 0.05) is 18.7 Å². The molecular weight excluding hydrogens is 475 g/mol. The lowest BCUT2D eigenvalue weighted by molar-refractivity contribution is -0.139. The van der Waals surface area contributed by atoms with Crippen LogP contribution < -0.4 is 11.2 Å². The summed E-state index contributed by atoms with van der Waals surface area (Å²) in [7, 11) is 0. The minimum Gasteiger partial charge on any atom is -0.480 e. The van der Waals surface area contributed by atoms with Crippen molar-refractivity contribution in [2.45, 2.75) is 31.0 Å². The van der Waals surface area contributed by atoms with Gasteiger partial charge in [0.1, 0.15) is 42.7 Å². The second-order valence-electron chi connectivity index (χ2n) is 6.85. The number of aromatic nitrogens is 2. The SMILES string of the molecule is C#CCO[C@H]1C[C@H](n2cc(C(F)(F)F)c(=O)[nH]c2=O)O[C@@H]1COC(=S)c1ccc(F)cc1F. The van der Waals surface area contributed by atoms with Crippen LogP contribution in [0.15, 0.2) is 34.0 Å². The Morgan fingerprint density at radius 2 is 2.06 bits per heavy atom. The Balaban J connectivity index is 1.80. The number of alkyl halides is 3. The van der Waals surface area contributed by atoms with E-state index >= 15 is 0 Å². The molecule has 1 aromatic carbocycles. The van der Waals surface area contributed by atoms with Gasteiger partial charge in [0.15, 0.2) is 5.05 Å². The number of rotatable bonds is 6. The molecule has 1 saturated heterocycles. The minimum absolute atomic E-state index is 0.114. The van der Waals surface area contributed by atoms with Crippen LogP contribution in [-0.2, 0) is 20.4 Å². The molecule has 1 aliphatic heterocycles. The number of thiocarbonyl (C=S) groups is 1. The van der Waals surface area contributed by atoms with Crippen molar-refractivity contribution in [3.8, 4) is 12.3 Å². The lowest BCUT2D eigenvalue weighted by Gasteiger charge is -2.19. The highest BCUT2D eigenvalue weighted by Crippen LogP contribution is 2.32. The Kier molecular flexibility index (Phi) is 7.31. The number of benzene rings is 1. The van der Waals surface area contributed by atoms with Crippen molar-refractivity contribution in [2.75, 3.05) is 13.2 Å². The first kappa shape index (κ1) is 24.6. The van der Waals surface area contributed by atoms with E-state index < -0.39 is 53.1 Å². The number of aromatic amines is 1. The number of nitrogens with zero attached hydrogens (tertiary/aromatic N) is 1. The molecule has 1 fully saturated rings. The number of terminal acetylenes is 1. The molecule has 33 heavy (non-hydrogen) atoms. The maximum Gasteiger partial charge on any atom is 0.423 e. The summed E-state index contributed by atoms with van der Waals surface area (Å²) in [4.78, 5) is 25.2. The van der Waals surface area contributed by atoms with Crippen LogP contribution in [0.4, 0.5) is 22.0 Å². The number of ether oxygens (including phenoxy) is 3. The first-order valence-electron chi connectivity index (χ1n) is 9.26. The van der Waals surface area contributed by atoms with Crippen LogP contribution in [-0.4, -0.2) is 40.0 Å². The van der Waals surface area contributed by atoms with Crippen molar-refractivity contribution in [3.63, 3.8) is 0 Å². The van der Waals surface area contributed by atoms with Gasteiger partial charge in [-0.1, -0.05) is 5.92 Å². The van der Waals surface area contributed by atoms with Crippen LogP contribution in [0.25, 0.3) is 0 Å². The zero-order chi connectivity index (χ0) is 24.3. The van der Waals surface area contributed by atoms with Gasteiger partial charge in [-0.2, -0.15) is 13.2 Å². The van der Waals surface area contributed by atoms with Crippen molar-refractivity contribution >= 4 is 17.3 Å². The van der Waals surface area contributed by atoms with Crippen molar-refractivity contribution in [2.24, 2.45) is 0 Å². The van der Waals surface area contributed by atoms with E-state index in [1.807, 2.05) is 0 Å². The highest BCUT2D eigenvalue weighted by molar-refractivity contribution is 7.80. The van der Waals surface area contributed by atoms with Gasteiger partial charge >= 0.3 is 11.9 Å². The zero-order valence-electron chi connectivity index (χ0n) is 16.5. The maximum absolute atomic E-state index is 13.9. The molecule has 2 heterocycles. The number of H-pyrrole nitrogens is 1. The van der Waals surface area contributed by atoms with E-state index in [0.29, 0.717) is 16.8 Å². The van der Waals surface area contributed by atoms with E-state index in [1.54, 1.807) is 4.98 Å². The van der Waals surface area contributed by atoms with E-state index in [2.05, 4.69) is 5.92 Å². The number of halogens is 5. The van der Waals surface area contributed by atoms with Crippen LogP contribution in [0, 0.1) is 24.0 Å². The molecule has 176 valence electrons. The molecule has 0 unspecified atom stereocenters. The molecule has 1 aliphatic rings. The van der Waals surface area contributed by atoms with Gasteiger partial charge in [-0.25, -0.2) is 13.6 Å². The predicted molar refractivity (Wildman–Crippen MR) is 107 cm³/mol. The van der Waals surface area contributed by atoms with E-state index in [0.717, 1.165) is 12.1 Å². The summed E-state index contributed by atoms with van der Waals surface area (Å²) in [5.74, 6) is 0.461. The van der Waals surface area contributed by atoms with Crippen LogP contribution in [0.1, 0.15) is 23.8 Å². The minimum atomic E-state index is -5.01. The van der Waals surface area contributed by atoms with E-state index in [9.17, 15) is 31.5 Å². The fraction of sp³-hybridized carbons (Fsp3) is 0.350. The number of nitrogens with one attached hydrogen (secondary N) is 1. The normalized spacial score (nSPS) is 20.4. The van der Waals surface area contributed by atoms with Gasteiger partial charge in [0.25, 0.3) is 5.56 Å². The average molecular weight is 490 g/mol. The summed E-state index contributed by atoms with van der Waals surface area (Å²) >= 11 is 4.99. The van der Waals surface area contributed by atoms with Crippen molar-refractivity contribution in [3.05, 3.63) is 68.0 Å². The van der Waals surface area contributed by atoms with Gasteiger partial charge in [-0.05, 0) is 24.4 Å². The highest BCUT2D eigenvalue weighted by Gasteiger charge is 2.40. The molecule has 3 rings (SSSR count). The van der Waals surface area contributed by atoms with Gasteiger partial charge < -0.3 is 14.2 Å². The molecule has 2 aromatic rings. The van der Waals surface area contributed by atoms with Crippen molar-refractivity contribution in [1.29, 1.82) is 0 Å². The summed E-state index contributed by atoms with van der Waals surface area (Å²) in [5.41, 5.74) is -4.49. The average Bonchev–Trinajstić information content (AvgIpc) is 3.12. The highest BCUT2D eigenvalue weighted by atomic mass is 32.1. The maximum atomic E-state index is 13.9. The fourth-order valence-corrected chi connectivity index (χ4v) is 3.38. The van der Waals surface area contributed by atoms with E-state index in [-0.39, 0.29) is 30.2 Å². The third-order valence-corrected chi connectivity index (χ3v) is 5.01. The molecule has 0 radical (unpaired) electrons. The molecular formula is C20H15F5N2O5S. The van der Waals surface area contributed by atoms with E-state index in [4.69, 9.17) is 32.9 Å². The van der Waals surface area contributed by atoms with E-state index in [1.165, 1.54) is 0 Å². The predicted octanol–water partition coefficient (Wildman–Crippen LogP) is 2.53. The number of hydrogen-bond donors (Lipinski definition) is 1. The Bertz CT molecular complexity index is 1200. The summed E-state index contributed by atoms with van der Waals surface area (Å²) in [6, 6.07) is 2.68. The van der Waals surface area contributed by atoms with Gasteiger partial charge in [0.2, 0.25) is 0 Å². The Morgan fingerprint density at radius 1 is 1.33 bits per heavy atom. The molecule has 1 N–H and O–H groups in total. The summed E-state index contributed by atoms with van der Waals surface area (Å²) in [6.45, 7) is -0.520. The monoisotopic (exact) mass is 490 g/mol. The lowest BCUT2D eigenvalue weighted by atomic mass is 10.2. The van der Waals surface area contributed by atoms with Gasteiger partial charge in [0.05, 0.1) is 11.7 Å². The third kappa shape index (κ3) is 5.65. The molecule has 3 atom stereocenters. The summed E-state index contributed by atoms with van der Waals surface area (Å²) in [6.07, 6.45) is -2.66. The largest absolute Gasteiger partial charge is 0.480 e. The smallest absolute Gasteiger partial charge is 0.423 e. The quantitative estimate of drug-likeness (QED) is 0.381. The third-order valence-electron chi connectivity index (χ3n) is 4.67. The molecule has 0 spiro atoms. The van der Waals surface area contributed by atoms with Gasteiger partial charge in [-0.3, -0.25) is 14.3 Å². The first-order valence-corrected chi connectivity index (χ1v) is 9.67. The second kappa shape index (κ2) is 9.82. The molecule has 0 amide bonds. The second-order valence-corrected chi connectivity index (χ2v) is 7.22. The lowest BCUT2D eigenvalue weighted by Crippen LogP contribution is -2.36. The van der Waals surface area contributed by atoms with Crippen LogP contribution >= 0.6 is 12.2 Å². The Morgan fingerprint density at radius 3 is 2.70 bits per heavy atom. The number of hydrogen-bond acceptors (Lipinski definition) is 6. The standard InChI is InChI=1S/C20H15F5N2O5S/c1-2-5-30-14-7-16(27-8-12(20(23,24)25)17(28)26-19(27)29)32-15(14)9-31-18(33)11-4-3-10(21)6-13(11)22/h1,3-4,6,8,14-16H,5,7,9H2,(H,26,28,29)/t14-,15+,16+/m0/s1. The van der Waals surface area contributed by atoms with Crippen molar-refractivity contribution in [1.82, 2.24) is 9.55 Å². The Hall–Kier alpha value is -3.08. The summed E-state index contributed by atoms with van der Waals surface area (Å²) < 4.78 is 83.2. The van der Waals surface area contributed by atoms with Crippen LogP contribution in [0.5, 0.6) is 0 Å². The van der Waals surface area contributed by atoms with Gasteiger partial charge in [-0.15, -0.1) is 6.42 Å². The fourth-order valence-electron chi connectivity index (χ4n) is 3.14. The van der Waals surface area contributed by atoms with Crippen LogP contribution in [0.2, 0.25) is 0 Å². The molecule has 1 aromatic heterocycles. The molecule has 0 bridgehead atoms. The zero-order valence-corrected chi connectivity index (χ0v) is 17.3.